The molecular formula is C16H16N4O3S. The molecule has 3 N–H and O–H groups in total. The maximum Gasteiger partial charge on any atom is 0.338 e. The second-order valence-corrected chi connectivity index (χ2v) is 6.91. The van der Waals surface area contributed by atoms with E-state index < -0.39 is 5.97 Å². The molecule has 1 aliphatic carbocycles. The first-order valence-corrected chi connectivity index (χ1v) is 8.57. The zero-order valence-corrected chi connectivity index (χ0v) is 13.8. The van der Waals surface area contributed by atoms with E-state index in [0.717, 1.165) is 35.2 Å². The lowest BCUT2D eigenvalue weighted by molar-refractivity contribution is 0.0698. The molecule has 0 aromatic carbocycles. The van der Waals surface area contributed by atoms with Crippen molar-refractivity contribution in [1.29, 1.82) is 0 Å². The third kappa shape index (κ3) is 2.39. The Labute approximate surface area is 141 Å². The van der Waals surface area contributed by atoms with Crippen molar-refractivity contribution in [2.45, 2.75) is 25.3 Å². The van der Waals surface area contributed by atoms with Gasteiger partial charge in [-0.2, -0.15) is 5.10 Å². The van der Waals surface area contributed by atoms with Crippen LogP contribution in [0.2, 0.25) is 0 Å². The van der Waals surface area contributed by atoms with Crippen molar-refractivity contribution in [3.05, 3.63) is 40.2 Å². The smallest absolute Gasteiger partial charge is 0.338 e. The summed E-state index contributed by atoms with van der Waals surface area (Å²) in [6.45, 7) is 0. The minimum atomic E-state index is -0.998. The van der Waals surface area contributed by atoms with Crippen LogP contribution in [0.3, 0.4) is 0 Å². The van der Waals surface area contributed by atoms with Crippen molar-refractivity contribution in [2.24, 2.45) is 7.05 Å². The van der Waals surface area contributed by atoms with Crippen LogP contribution in [0.4, 0.5) is 0 Å². The summed E-state index contributed by atoms with van der Waals surface area (Å²) in [6.07, 6.45) is 4.75. The molecule has 0 bridgehead atoms. The zero-order chi connectivity index (χ0) is 16.8. The highest BCUT2D eigenvalue weighted by atomic mass is 32.1. The first-order valence-electron chi connectivity index (χ1n) is 7.69. The summed E-state index contributed by atoms with van der Waals surface area (Å²) in [5.41, 5.74) is 3.19. The Balaban J connectivity index is 1.60. The fraction of sp³-hybridized carbons (Fsp3) is 0.312. The van der Waals surface area contributed by atoms with Crippen LogP contribution >= 0.6 is 11.3 Å². The molecule has 3 aromatic heterocycles. The first-order chi connectivity index (χ1) is 11.5. The van der Waals surface area contributed by atoms with Crippen molar-refractivity contribution in [2.75, 3.05) is 0 Å². The Kier molecular flexibility index (Phi) is 3.42. The summed E-state index contributed by atoms with van der Waals surface area (Å²) in [7, 11) is 1.88. The van der Waals surface area contributed by atoms with Crippen molar-refractivity contribution >= 4 is 33.4 Å². The molecular weight excluding hydrogens is 328 g/mol. The third-order valence-corrected chi connectivity index (χ3v) is 5.28. The van der Waals surface area contributed by atoms with E-state index in [1.165, 1.54) is 11.3 Å². The quantitative estimate of drug-likeness (QED) is 0.679. The van der Waals surface area contributed by atoms with Gasteiger partial charge in [0.25, 0.3) is 5.91 Å². The summed E-state index contributed by atoms with van der Waals surface area (Å²) >= 11 is 1.31. The standard InChI is InChI=1S/C16H16N4O3S/c1-20-6-8-10(3-2-4-11(8)19-20)18-15(21)12-5-13-14(17-12)9(7-24-13)16(22)23/h5-7,10,17H,2-4H2,1H3,(H,18,21)(H,22,23). The molecule has 3 heterocycles. The highest BCUT2D eigenvalue weighted by Gasteiger charge is 2.26. The SMILES string of the molecule is Cn1cc2c(n1)CCCC2NC(=O)c1cc2scc(C(=O)O)c2[nH]1. The molecule has 8 heteroatoms. The number of carbonyl (C=O) groups is 2. The first kappa shape index (κ1) is 14.9. The van der Waals surface area contributed by atoms with Crippen LogP contribution in [0, 0.1) is 0 Å². The van der Waals surface area contributed by atoms with Crippen LogP contribution < -0.4 is 5.32 Å². The number of H-pyrrole nitrogens is 1. The van der Waals surface area contributed by atoms with Crippen molar-refractivity contribution in [3.63, 3.8) is 0 Å². The number of aromatic carboxylic acids is 1. The molecule has 0 fully saturated rings. The number of aromatic amines is 1. The number of thiophene rings is 1. The number of nitrogens with one attached hydrogen (secondary N) is 2. The highest BCUT2D eigenvalue weighted by molar-refractivity contribution is 7.17. The number of nitrogens with zero attached hydrogens (tertiary/aromatic N) is 2. The molecule has 1 aliphatic rings. The predicted molar refractivity (Wildman–Crippen MR) is 89.5 cm³/mol. The van der Waals surface area contributed by atoms with Crippen LogP contribution in [-0.4, -0.2) is 31.7 Å². The second-order valence-electron chi connectivity index (χ2n) is 6.00. The molecule has 4 rings (SSSR count). The molecule has 0 saturated carbocycles. The number of rotatable bonds is 3. The molecule has 1 amide bonds. The second kappa shape index (κ2) is 5.48. The maximum atomic E-state index is 12.6. The van der Waals surface area contributed by atoms with Crippen molar-refractivity contribution in [3.8, 4) is 0 Å². The lowest BCUT2D eigenvalue weighted by Crippen LogP contribution is -2.30. The van der Waals surface area contributed by atoms with E-state index in [1.807, 2.05) is 13.2 Å². The molecule has 0 radical (unpaired) electrons. The van der Waals surface area contributed by atoms with Gasteiger partial charge in [0.2, 0.25) is 0 Å². The molecule has 124 valence electrons. The monoisotopic (exact) mass is 344 g/mol. The average molecular weight is 344 g/mol. The predicted octanol–water partition coefficient (Wildman–Crippen LogP) is 2.47. The summed E-state index contributed by atoms with van der Waals surface area (Å²) in [6, 6.07) is 1.64. The van der Waals surface area contributed by atoms with Crippen LogP contribution in [0.1, 0.15) is 51.0 Å². The summed E-state index contributed by atoms with van der Waals surface area (Å²) in [5.74, 6) is -1.22. The van der Waals surface area contributed by atoms with E-state index in [1.54, 1.807) is 16.1 Å². The van der Waals surface area contributed by atoms with Gasteiger partial charge in [-0.15, -0.1) is 11.3 Å². The van der Waals surface area contributed by atoms with E-state index in [-0.39, 0.29) is 17.5 Å². The van der Waals surface area contributed by atoms with Gasteiger partial charge in [-0.3, -0.25) is 9.48 Å². The summed E-state index contributed by atoms with van der Waals surface area (Å²) in [5, 5.41) is 18.2. The highest BCUT2D eigenvalue weighted by Crippen LogP contribution is 2.30. The molecule has 1 unspecified atom stereocenters. The van der Waals surface area contributed by atoms with Gasteiger partial charge in [0.05, 0.1) is 27.5 Å². The van der Waals surface area contributed by atoms with Gasteiger partial charge < -0.3 is 15.4 Å². The molecule has 1 atom stereocenters. The van der Waals surface area contributed by atoms with Gasteiger partial charge >= 0.3 is 5.97 Å². The van der Waals surface area contributed by atoms with Crippen LogP contribution in [0.15, 0.2) is 17.6 Å². The van der Waals surface area contributed by atoms with E-state index in [0.29, 0.717) is 11.2 Å². The lowest BCUT2D eigenvalue weighted by Gasteiger charge is -2.22. The summed E-state index contributed by atoms with van der Waals surface area (Å²) in [4.78, 5) is 26.7. The van der Waals surface area contributed by atoms with Gasteiger partial charge in [0.1, 0.15) is 5.69 Å². The Bertz CT molecular complexity index is 952. The number of amides is 1. The fourth-order valence-electron chi connectivity index (χ4n) is 3.24. The van der Waals surface area contributed by atoms with Crippen LogP contribution in [0.25, 0.3) is 10.2 Å². The van der Waals surface area contributed by atoms with Gasteiger partial charge in [-0.05, 0) is 25.3 Å². The molecule has 3 aromatic rings. The van der Waals surface area contributed by atoms with Crippen molar-refractivity contribution in [1.82, 2.24) is 20.1 Å². The van der Waals surface area contributed by atoms with Gasteiger partial charge in [0, 0.05) is 24.2 Å². The Morgan fingerprint density at radius 2 is 2.33 bits per heavy atom. The van der Waals surface area contributed by atoms with Gasteiger partial charge in [0.15, 0.2) is 0 Å². The average Bonchev–Trinajstić information content (AvgIpc) is 3.18. The Morgan fingerprint density at radius 1 is 1.50 bits per heavy atom. The lowest BCUT2D eigenvalue weighted by atomic mass is 9.93. The number of hydrogen-bond acceptors (Lipinski definition) is 4. The Morgan fingerprint density at radius 3 is 3.12 bits per heavy atom. The van der Waals surface area contributed by atoms with Crippen LogP contribution in [-0.2, 0) is 13.5 Å². The Hall–Kier alpha value is -2.61. The number of carbonyl (C=O) groups excluding carboxylic acids is 1. The normalized spacial score (nSPS) is 17.0. The zero-order valence-electron chi connectivity index (χ0n) is 13.0. The van der Waals surface area contributed by atoms with E-state index in [4.69, 9.17) is 5.11 Å². The molecule has 0 saturated heterocycles. The fourth-order valence-corrected chi connectivity index (χ4v) is 4.17. The van der Waals surface area contributed by atoms with E-state index in [2.05, 4.69) is 15.4 Å². The number of aryl methyl sites for hydroxylation is 2. The minimum Gasteiger partial charge on any atom is -0.478 e. The number of hydrogen-bond donors (Lipinski definition) is 3. The molecule has 0 aliphatic heterocycles. The number of carboxylic acid groups (broad SMARTS) is 1. The van der Waals surface area contributed by atoms with Crippen molar-refractivity contribution < 1.29 is 14.7 Å². The molecule has 24 heavy (non-hydrogen) atoms. The topological polar surface area (TPSA) is 100 Å². The molecule has 7 nitrogen and oxygen atoms in total. The molecule has 0 spiro atoms. The largest absolute Gasteiger partial charge is 0.478 e. The minimum absolute atomic E-state index is 0.0600. The van der Waals surface area contributed by atoms with Crippen LogP contribution in [0.5, 0.6) is 0 Å². The number of fused-ring (bicyclic) bond motifs is 2. The van der Waals surface area contributed by atoms with Gasteiger partial charge in [-0.1, -0.05) is 0 Å². The van der Waals surface area contributed by atoms with E-state index >= 15 is 0 Å². The summed E-state index contributed by atoms with van der Waals surface area (Å²) < 4.78 is 2.54. The van der Waals surface area contributed by atoms with E-state index in [9.17, 15) is 9.59 Å². The third-order valence-electron chi connectivity index (χ3n) is 4.35. The number of carboxylic acids is 1. The maximum absolute atomic E-state index is 12.6. The number of aromatic nitrogens is 3. The van der Waals surface area contributed by atoms with Gasteiger partial charge in [-0.25, -0.2) is 4.79 Å².